The first kappa shape index (κ1) is 12.0. The van der Waals surface area contributed by atoms with E-state index < -0.39 is 0 Å². The first-order chi connectivity index (χ1) is 7.79. The molecule has 1 aromatic carbocycles. The van der Waals surface area contributed by atoms with E-state index in [-0.39, 0.29) is 11.2 Å². The molecule has 4 heteroatoms. The van der Waals surface area contributed by atoms with Crippen LogP contribution in [0.5, 0.6) is 0 Å². The Morgan fingerprint density at radius 2 is 2.19 bits per heavy atom. The fourth-order valence-electron chi connectivity index (χ4n) is 1.68. The summed E-state index contributed by atoms with van der Waals surface area (Å²) >= 11 is 5.15. The topological polar surface area (TPSA) is 29.1 Å². The summed E-state index contributed by atoms with van der Waals surface area (Å²) in [4.78, 5) is 11.8. The van der Waals surface area contributed by atoms with Gasteiger partial charge >= 0.3 is 0 Å². The summed E-state index contributed by atoms with van der Waals surface area (Å²) in [6.07, 6.45) is 2.17. The van der Waals surface area contributed by atoms with Crippen molar-refractivity contribution < 1.29 is 4.79 Å². The molecule has 0 radical (unpaired) electrons. The molecular formula is C12H14BrNOS. The first-order valence-electron chi connectivity index (χ1n) is 5.37. The van der Waals surface area contributed by atoms with E-state index in [1.165, 1.54) is 5.56 Å². The molecule has 1 aliphatic rings. The van der Waals surface area contributed by atoms with Gasteiger partial charge in [0.15, 0.2) is 0 Å². The van der Waals surface area contributed by atoms with E-state index in [2.05, 4.69) is 21.2 Å². The third-order valence-electron chi connectivity index (χ3n) is 2.60. The van der Waals surface area contributed by atoms with Crippen molar-refractivity contribution in [2.75, 3.05) is 11.1 Å². The van der Waals surface area contributed by atoms with Gasteiger partial charge in [-0.2, -0.15) is 0 Å². The Balaban J connectivity index is 1.94. The summed E-state index contributed by atoms with van der Waals surface area (Å²) in [5, 5.41) is 3.96. The molecule has 2 nitrogen and oxygen atoms in total. The van der Waals surface area contributed by atoms with E-state index in [9.17, 15) is 4.79 Å². The Morgan fingerprint density at radius 3 is 2.75 bits per heavy atom. The van der Waals surface area contributed by atoms with E-state index in [0.29, 0.717) is 0 Å². The van der Waals surface area contributed by atoms with Crippen LogP contribution in [0.3, 0.4) is 0 Å². The largest absolute Gasteiger partial charge is 0.325 e. The lowest BCUT2D eigenvalue weighted by molar-refractivity contribution is -0.115. The fourth-order valence-corrected chi connectivity index (χ4v) is 3.22. The molecule has 86 valence electrons. The second kappa shape index (κ2) is 5.73. The summed E-state index contributed by atoms with van der Waals surface area (Å²) in [5.74, 6) is 1.26. The number of halogens is 1. The van der Waals surface area contributed by atoms with Crippen molar-refractivity contribution in [1.29, 1.82) is 0 Å². The van der Waals surface area contributed by atoms with Crippen molar-refractivity contribution in [3.63, 3.8) is 0 Å². The van der Waals surface area contributed by atoms with E-state index in [4.69, 9.17) is 0 Å². The van der Waals surface area contributed by atoms with Crippen molar-refractivity contribution in [1.82, 2.24) is 0 Å². The number of benzene rings is 1. The van der Waals surface area contributed by atoms with E-state index >= 15 is 0 Å². The van der Waals surface area contributed by atoms with Gasteiger partial charge in [0.25, 0.3) is 0 Å². The van der Waals surface area contributed by atoms with Gasteiger partial charge in [0.2, 0.25) is 5.91 Å². The normalized spacial score (nSPS) is 19.7. The summed E-state index contributed by atoms with van der Waals surface area (Å²) in [6, 6.07) is 7.94. The lowest BCUT2D eigenvalue weighted by Gasteiger charge is -2.10. The minimum Gasteiger partial charge on any atom is -0.325 e. The molecule has 1 atom stereocenters. The van der Waals surface area contributed by atoms with Crippen LogP contribution in [0.25, 0.3) is 0 Å². The molecule has 0 spiro atoms. The number of amides is 1. The number of alkyl halides is 1. The van der Waals surface area contributed by atoms with Crippen molar-refractivity contribution in [3.8, 4) is 0 Å². The number of carbonyl (C=O) groups excluding carboxylic acids is 1. The molecule has 0 bridgehead atoms. The first-order valence-corrected chi connectivity index (χ1v) is 7.54. The molecule has 1 unspecified atom stereocenters. The van der Waals surface area contributed by atoms with Crippen molar-refractivity contribution in [3.05, 3.63) is 29.8 Å². The van der Waals surface area contributed by atoms with Crippen LogP contribution in [0.15, 0.2) is 24.3 Å². The molecule has 1 aromatic rings. The van der Waals surface area contributed by atoms with Crippen LogP contribution in [0.4, 0.5) is 5.69 Å². The maximum absolute atomic E-state index is 11.8. The fraction of sp³-hybridized carbons (Fsp3) is 0.417. The average molecular weight is 300 g/mol. The highest BCUT2D eigenvalue weighted by atomic mass is 79.9. The minimum atomic E-state index is 0.147. The Morgan fingerprint density at radius 1 is 1.44 bits per heavy atom. The maximum atomic E-state index is 11.8. The maximum Gasteiger partial charge on any atom is 0.237 e. The second-order valence-corrected chi connectivity index (χ2v) is 5.69. The SMILES string of the molecule is O=C(Nc1ccc(CBr)cc1)C1CCCS1. The Kier molecular flexibility index (Phi) is 4.29. The molecule has 0 aliphatic carbocycles. The van der Waals surface area contributed by atoms with E-state index in [1.807, 2.05) is 24.3 Å². The van der Waals surface area contributed by atoms with Gasteiger partial charge in [-0.15, -0.1) is 11.8 Å². The summed E-state index contributed by atoms with van der Waals surface area (Å²) < 4.78 is 0. The van der Waals surface area contributed by atoms with E-state index in [1.54, 1.807) is 11.8 Å². The zero-order chi connectivity index (χ0) is 11.4. The Labute approximate surface area is 108 Å². The predicted octanol–water partition coefficient (Wildman–Crippen LogP) is 3.42. The molecule has 1 N–H and O–H groups in total. The molecule has 2 rings (SSSR count). The zero-order valence-electron chi connectivity index (χ0n) is 8.91. The highest BCUT2D eigenvalue weighted by Gasteiger charge is 2.23. The molecule has 0 aromatic heterocycles. The van der Waals surface area contributed by atoms with Gasteiger partial charge in [0.05, 0.1) is 5.25 Å². The number of carbonyl (C=O) groups is 1. The van der Waals surface area contributed by atoms with Gasteiger partial charge < -0.3 is 5.32 Å². The predicted molar refractivity (Wildman–Crippen MR) is 73.2 cm³/mol. The highest BCUT2D eigenvalue weighted by molar-refractivity contribution is 9.08. The zero-order valence-corrected chi connectivity index (χ0v) is 11.3. The van der Waals surface area contributed by atoms with Gasteiger partial charge in [-0.25, -0.2) is 0 Å². The molecule has 1 fully saturated rings. The van der Waals surface area contributed by atoms with E-state index in [0.717, 1.165) is 29.6 Å². The molecule has 0 saturated carbocycles. The third-order valence-corrected chi connectivity index (χ3v) is 4.62. The lowest BCUT2D eigenvalue weighted by atomic mass is 10.2. The molecule has 1 saturated heterocycles. The molecule has 16 heavy (non-hydrogen) atoms. The summed E-state index contributed by atoms with van der Waals surface area (Å²) in [6.45, 7) is 0. The van der Waals surface area contributed by atoms with Crippen molar-refractivity contribution in [2.24, 2.45) is 0 Å². The molecule has 1 amide bonds. The van der Waals surface area contributed by atoms with Gasteiger partial charge in [-0.1, -0.05) is 28.1 Å². The average Bonchev–Trinajstić information content (AvgIpc) is 2.83. The van der Waals surface area contributed by atoms with Crippen LogP contribution >= 0.6 is 27.7 Å². The monoisotopic (exact) mass is 299 g/mol. The quantitative estimate of drug-likeness (QED) is 0.867. The summed E-state index contributed by atoms with van der Waals surface area (Å²) in [5.41, 5.74) is 2.11. The van der Waals surface area contributed by atoms with Crippen LogP contribution in [0.1, 0.15) is 18.4 Å². The highest BCUT2D eigenvalue weighted by Crippen LogP contribution is 2.27. The molecule has 1 aliphatic heterocycles. The molecular weight excluding hydrogens is 286 g/mol. The Bertz CT molecular complexity index is 360. The van der Waals surface area contributed by atoms with Crippen LogP contribution in [0, 0.1) is 0 Å². The number of hydrogen-bond acceptors (Lipinski definition) is 2. The Hall–Kier alpha value is -0.480. The minimum absolute atomic E-state index is 0.147. The third kappa shape index (κ3) is 3.01. The van der Waals surface area contributed by atoms with Gasteiger partial charge in [-0.05, 0) is 36.3 Å². The van der Waals surface area contributed by atoms with Gasteiger partial charge in [0.1, 0.15) is 0 Å². The number of hydrogen-bond donors (Lipinski definition) is 1. The second-order valence-electron chi connectivity index (χ2n) is 3.82. The van der Waals surface area contributed by atoms with Crippen LogP contribution < -0.4 is 5.32 Å². The molecule has 1 heterocycles. The smallest absolute Gasteiger partial charge is 0.237 e. The van der Waals surface area contributed by atoms with Crippen LogP contribution in [-0.4, -0.2) is 16.9 Å². The van der Waals surface area contributed by atoms with Crippen molar-refractivity contribution >= 4 is 39.3 Å². The number of rotatable bonds is 3. The lowest BCUT2D eigenvalue weighted by Crippen LogP contribution is -2.22. The standard InChI is InChI=1S/C12H14BrNOS/c13-8-9-3-5-10(6-4-9)14-12(15)11-2-1-7-16-11/h3-6,11H,1-2,7-8H2,(H,14,15). The van der Waals surface area contributed by atoms with Crippen molar-refractivity contribution in [2.45, 2.75) is 23.4 Å². The van der Waals surface area contributed by atoms with Gasteiger partial charge in [-0.3, -0.25) is 4.79 Å². The number of nitrogens with one attached hydrogen (secondary N) is 1. The number of thioether (sulfide) groups is 1. The number of anilines is 1. The van der Waals surface area contributed by atoms with Crippen LogP contribution in [-0.2, 0) is 10.1 Å². The summed E-state index contributed by atoms with van der Waals surface area (Å²) in [7, 11) is 0. The van der Waals surface area contributed by atoms with Crippen LogP contribution in [0.2, 0.25) is 0 Å². The van der Waals surface area contributed by atoms with Gasteiger partial charge in [0, 0.05) is 11.0 Å².